The van der Waals surface area contributed by atoms with Gasteiger partial charge in [-0.25, -0.2) is 0 Å². The minimum Gasteiger partial charge on any atom is -0.432 e. The molecule has 1 atom stereocenters. The van der Waals surface area contributed by atoms with E-state index in [1.165, 1.54) is 12.8 Å². The van der Waals surface area contributed by atoms with Crippen molar-refractivity contribution in [1.29, 1.82) is 0 Å². The van der Waals surface area contributed by atoms with E-state index in [2.05, 4.69) is 36.0 Å². The van der Waals surface area contributed by atoms with E-state index >= 15 is 0 Å². The van der Waals surface area contributed by atoms with E-state index in [9.17, 15) is 0 Å². The third kappa shape index (κ3) is 3.28. The summed E-state index contributed by atoms with van der Waals surface area (Å²) in [5.74, 6) is 0. The number of anilines is 1. The number of hydrogen-bond acceptors (Lipinski definition) is 5. The van der Waals surface area contributed by atoms with Crippen LogP contribution in [0.2, 0.25) is 0 Å². The predicted octanol–water partition coefficient (Wildman–Crippen LogP) is 1.93. The van der Waals surface area contributed by atoms with Crippen LogP contribution in [0.25, 0.3) is 0 Å². The summed E-state index contributed by atoms with van der Waals surface area (Å²) < 4.78 is 11.5. The fourth-order valence-corrected chi connectivity index (χ4v) is 2.66. The second kappa shape index (κ2) is 4.80. The van der Waals surface area contributed by atoms with Crippen molar-refractivity contribution in [3.8, 4) is 0 Å². The summed E-state index contributed by atoms with van der Waals surface area (Å²) in [5, 5.41) is 3.45. The molecule has 3 rings (SSSR count). The second-order valence-corrected chi connectivity index (χ2v) is 6.35. The highest BCUT2D eigenvalue weighted by Crippen LogP contribution is 2.25. The largest absolute Gasteiger partial charge is 0.432 e. The van der Waals surface area contributed by atoms with Crippen LogP contribution in [-0.4, -0.2) is 35.8 Å². The highest BCUT2D eigenvalue weighted by molar-refractivity contribution is 5.29. The smallest absolute Gasteiger partial charge is 0.297 e. The van der Waals surface area contributed by atoms with E-state index in [-0.39, 0.29) is 11.7 Å². The van der Waals surface area contributed by atoms with Crippen LogP contribution in [0, 0.1) is 0 Å². The first kappa shape index (κ1) is 12.9. The van der Waals surface area contributed by atoms with Crippen LogP contribution in [0.15, 0.2) is 10.7 Å². The molecule has 0 radical (unpaired) electrons. The maximum absolute atomic E-state index is 5.90. The van der Waals surface area contributed by atoms with Gasteiger partial charge in [0.2, 0.25) is 0 Å². The molecule has 2 heterocycles. The van der Waals surface area contributed by atoms with Gasteiger partial charge < -0.3 is 19.4 Å². The highest BCUT2D eigenvalue weighted by Gasteiger charge is 2.33. The highest BCUT2D eigenvalue weighted by atomic mass is 16.5. The average Bonchev–Trinajstić information content (AvgIpc) is 3.01. The summed E-state index contributed by atoms with van der Waals surface area (Å²) in [6.07, 6.45) is 4.54. The molecule has 0 bridgehead atoms. The zero-order chi connectivity index (χ0) is 13.5. The van der Waals surface area contributed by atoms with Crippen molar-refractivity contribution in [2.75, 3.05) is 18.0 Å². The van der Waals surface area contributed by atoms with Gasteiger partial charge in [-0.3, -0.25) is 0 Å². The van der Waals surface area contributed by atoms with Crippen molar-refractivity contribution in [2.45, 2.75) is 57.9 Å². The van der Waals surface area contributed by atoms with E-state index in [1.54, 1.807) is 6.26 Å². The van der Waals surface area contributed by atoms with Gasteiger partial charge in [0.25, 0.3) is 6.01 Å². The Morgan fingerprint density at radius 2 is 2.26 bits per heavy atom. The first-order valence-corrected chi connectivity index (χ1v) is 7.12. The molecule has 1 aromatic heterocycles. The van der Waals surface area contributed by atoms with Crippen LogP contribution in [0.5, 0.6) is 0 Å². The third-order valence-electron chi connectivity index (χ3n) is 3.53. The molecule has 1 N–H and O–H groups in total. The third-order valence-corrected chi connectivity index (χ3v) is 3.53. The lowest BCUT2D eigenvalue weighted by atomic mass is 10.1. The minimum absolute atomic E-state index is 0.154. The van der Waals surface area contributed by atoms with Crippen LogP contribution in [0.4, 0.5) is 6.01 Å². The summed E-state index contributed by atoms with van der Waals surface area (Å²) in [7, 11) is 0. The minimum atomic E-state index is -0.154. The van der Waals surface area contributed by atoms with Crippen molar-refractivity contribution < 1.29 is 9.15 Å². The molecule has 1 saturated heterocycles. The Morgan fingerprint density at radius 3 is 2.95 bits per heavy atom. The molecule has 19 heavy (non-hydrogen) atoms. The first-order chi connectivity index (χ1) is 9.02. The van der Waals surface area contributed by atoms with Gasteiger partial charge in [0.05, 0.1) is 23.9 Å². The molecule has 1 aliphatic heterocycles. The van der Waals surface area contributed by atoms with Crippen LogP contribution in [0.1, 0.15) is 39.3 Å². The fraction of sp³-hybridized carbons (Fsp3) is 0.786. The van der Waals surface area contributed by atoms with Crippen LogP contribution < -0.4 is 10.2 Å². The maximum Gasteiger partial charge on any atom is 0.297 e. The number of aromatic nitrogens is 1. The molecule has 1 saturated carbocycles. The number of nitrogens with one attached hydrogen (secondary N) is 1. The van der Waals surface area contributed by atoms with Crippen molar-refractivity contribution in [3.63, 3.8) is 0 Å². The Balaban J connectivity index is 1.63. The zero-order valence-corrected chi connectivity index (χ0v) is 12.0. The van der Waals surface area contributed by atoms with Gasteiger partial charge in [-0.05, 0) is 33.6 Å². The van der Waals surface area contributed by atoms with E-state index in [4.69, 9.17) is 9.15 Å². The molecule has 0 spiro atoms. The fourth-order valence-electron chi connectivity index (χ4n) is 2.66. The van der Waals surface area contributed by atoms with Crippen molar-refractivity contribution in [2.24, 2.45) is 0 Å². The van der Waals surface area contributed by atoms with E-state index < -0.39 is 0 Å². The predicted molar refractivity (Wildman–Crippen MR) is 73.2 cm³/mol. The van der Waals surface area contributed by atoms with Crippen LogP contribution >= 0.6 is 0 Å². The Kier molecular flexibility index (Phi) is 3.27. The molecule has 106 valence electrons. The molecule has 0 aromatic carbocycles. The molecular formula is C14H23N3O2. The van der Waals surface area contributed by atoms with E-state index in [1.807, 2.05) is 0 Å². The molecule has 1 aliphatic carbocycles. The van der Waals surface area contributed by atoms with Gasteiger partial charge in [0.1, 0.15) is 6.26 Å². The van der Waals surface area contributed by atoms with Crippen molar-refractivity contribution in [1.82, 2.24) is 10.3 Å². The lowest BCUT2D eigenvalue weighted by Crippen LogP contribution is -2.52. The first-order valence-electron chi connectivity index (χ1n) is 7.12. The summed E-state index contributed by atoms with van der Waals surface area (Å²) >= 11 is 0. The summed E-state index contributed by atoms with van der Waals surface area (Å²) in [5.41, 5.74) is 0.831. The Bertz CT molecular complexity index is 440. The van der Waals surface area contributed by atoms with Crippen LogP contribution in [-0.2, 0) is 11.3 Å². The number of hydrogen-bond donors (Lipinski definition) is 1. The van der Waals surface area contributed by atoms with Gasteiger partial charge in [0.15, 0.2) is 0 Å². The van der Waals surface area contributed by atoms with Gasteiger partial charge in [0, 0.05) is 19.1 Å². The molecule has 1 aromatic rings. The number of ether oxygens (including phenoxy) is 1. The SMILES string of the molecule is CC1CN(c2nc(CNC3CC3)co2)CC(C)(C)O1. The lowest BCUT2D eigenvalue weighted by Gasteiger charge is -2.40. The molecule has 2 aliphatic rings. The van der Waals surface area contributed by atoms with Crippen molar-refractivity contribution in [3.05, 3.63) is 12.0 Å². The molecule has 5 nitrogen and oxygen atoms in total. The summed E-state index contributed by atoms with van der Waals surface area (Å²) in [4.78, 5) is 6.75. The molecular weight excluding hydrogens is 242 g/mol. The summed E-state index contributed by atoms with van der Waals surface area (Å²) in [6, 6.07) is 1.42. The number of oxazole rings is 1. The number of morpholine rings is 1. The molecule has 2 fully saturated rings. The van der Waals surface area contributed by atoms with Gasteiger partial charge in [-0.1, -0.05) is 0 Å². The Hall–Kier alpha value is -1.07. The topological polar surface area (TPSA) is 50.5 Å². The average molecular weight is 265 g/mol. The number of rotatable bonds is 4. The van der Waals surface area contributed by atoms with Gasteiger partial charge in [-0.2, -0.15) is 4.98 Å². The van der Waals surface area contributed by atoms with Gasteiger partial charge in [-0.15, -0.1) is 0 Å². The van der Waals surface area contributed by atoms with Gasteiger partial charge >= 0.3 is 0 Å². The maximum atomic E-state index is 5.90. The standard InChI is InChI=1S/C14H23N3O2/c1-10-7-17(9-14(2,3)19-10)13-16-12(8-18-13)6-15-11-4-5-11/h8,10-11,15H,4-7,9H2,1-3H3. The molecule has 0 amide bonds. The normalized spacial score (nSPS) is 26.7. The molecule has 1 unspecified atom stereocenters. The lowest BCUT2D eigenvalue weighted by molar-refractivity contribution is -0.0761. The van der Waals surface area contributed by atoms with Crippen molar-refractivity contribution >= 4 is 6.01 Å². The Labute approximate surface area is 114 Å². The Morgan fingerprint density at radius 1 is 1.47 bits per heavy atom. The number of nitrogens with zero attached hydrogens (tertiary/aromatic N) is 2. The zero-order valence-electron chi connectivity index (χ0n) is 12.0. The quantitative estimate of drug-likeness (QED) is 0.901. The summed E-state index contributed by atoms with van der Waals surface area (Å²) in [6.45, 7) is 8.75. The second-order valence-electron chi connectivity index (χ2n) is 6.35. The molecule has 5 heteroatoms. The van der Waals surface area contributed by atoms with E-state index in [0.717, 1.165) is 31.3 Å². The van der Waals surface area contributed by atoms with Crippen LogP contribution in [0.3, 0.4) is 0 Å². The van der Waals surface area contributed by atoms with E-state index in [0.29, 0.717) is 6.04 Å². The monoisotopic (exact) mass is 265 g/mol.